The third-order valence-corrected chi connectivity index (χ3v) is 4.99. The van der Waals surface area contributed by atoms with Gasteiger partial charge in [-0.3, -0.25) is 14.4 Å². The van der Waals surface area contributed by atoms with Gasteiger partial charge in [0.1, 0.15) is 18.1 Å². The Balaban J connectivity index is 2.28. The van der Waals surface area contributed by atoms with Gasteiger partial charge >= 0.3 is 5.97 Å². The molecule has 9 nitrogen and oxygen atoms in total. The molecule has 3 aromatic rings. The molecule has 1 atom stereocenters. The van der Waals surface area contributed by atoms with Gasteiger partial charge in [-0.15, -0.1) is 0 Å². The van der Waals surface area contributed by atoms with Crippen LogP contribution >= 0.6 is 0 Å². The van der Waals surface area contributed by atoms with Crippen LogP contribution in [0.5, 0.6) is 11.5 Å². The lowest BCUT2D eigenvalue weighted by molar-refractivity contribution is -0.143. The molecule has 2 N–H and O–H groups in total. The van der Waals surface area contributed by atoms with Crippen LogP contribution < -0.4 is 15.7 Å². The number of carbonyl (C=O) groups is 1. The van der Waals surface area contributed by atoms with Gasteiger partial charge in [-0.2, -0.15) is 0 Å². The fourth-order valence-corrected chi connectivity index (χ4v) is 3.44. The van der Waals surface area contributed by atoms with Crippen molar-refractivity contribution in [3.63, 3.8) is 0 Å². The van der Waals surface area contributed by atoms with E-state index in [-0.39, 0.29) is 30.1 Å². The molecule has 9 heteroatoms. The van der Waals surface area contributed by atoms with Crippen molar-refractivity contribution in [1.29, 1.82) is 0 Å². The average Bonchev–Trinajstić information content (AvgIpc) is 2.76. The Morgan fingerprint density at radius 1 is 1.23 bits per heavy atom. The highest BCUT2D eigenvalue weighted by Gasteiger charge is 2.29. The van der Waals surface area contributed by atoms with Gasteiger partial charge < -0.3 is 28.7 Å². The van der Waals surface area contributed by atoms with E-state index in [4.69, 9.17) is 13.9 Å². The second-order valence-corrected chi connectivity index (χ2v) is 6.90. The van der Waals surface area contributed by atoms with Crippen LogP contribution in [0.1, 0.15) is 36.3 Å². The topological polar surface area (TPSA) is 128 Å². The van der Waals surface area contributed by atoms with E-state index in [1.165, 1.54) is 11.7 Å². The summed E-state index contributed by atoms with van der Waals surface area (Å²) in [6.45, 7) is 1.16. The molecule has 31 heavy (non-hydrogen) atoms. The molecule has 3 rings (SSSR count). The molecule has 1 unspecified atom stereocenters. The summed E-state index contributed by atoms with van der Waals surface area (Å²) in [5, 5.41) is 20.4. The Hall–Kier alpha value is -3.59. The van der Waals surface area contributed by atoms with Crippen molar-refractivity contribution in [2.45, 2.75) is 25.9 Å². The number of carbonyl (C=O) groups excluding carboxylic acids is 1. The summed E-state index contributed by atoms with van der Waals surface area (Å²) in [5.74, 6) is -2.30. The van der Waals surface area contributed by atoms with Crippen molar-refractivity contribution in [1.82, 2.24) is 4.57 Å². The summed E-state index contributed by atoms with van der Waals surface area (Å²) < 4.78 is 17.1. The molecule has 0 aliphatic rings. The second-order valence-electron chi connectivity index (χ2n) is 6.90. The van der Waals surface area contributed by atoms with Crippen molar-refractivity contribution in [2.24, 2.45) is 7.05 Å². The lowest BCUT2D eigenvalue weighted by Crippen LogP contribution is -2.26. The van der Waals surface area contributed by atoms with Crippen molar-refractivity contribution in [2.75, 3.05) is 13.7 Å². The van der Waals surface area contributed by atoms with Gasteiger partial charge in [-0.1, -0.05) is 0 Å². The number of aliphatic hydroxyl groups excluding tert-OH is 1. The number of methoxy groups -OCH3 is 1. The SMILES string of the molecule is CCOC(=O)CC(c1oc(CO)cc(=O)c1O)c1cc2ccc(OC)cc2n(C)c1=O. The van der Waals surface area contributed by atoms with E-state index in [2.05, 4.69) is 0 Å². The number of fused-ring (bicyclic) bond motifs is 1. The number of aryl methyl sites for hydroxylation is 1. The fourth-order valence-electron chi connectivity index (χ4n) is 3.44. The summed E-state index contributed by atoms with van der Waals surface area (Å²) in [5.41, 5.74) is -0.521. The van der Waals surface area contributed by atoms with Crippen molar-refractivity contribution >= 4 is 16.9 Å². The molecule has 1 aromatic carbocycles. The minimum absolute atomic E-state index is 0.103. The lowest BCUT2D eigenvalue weighted by Gasteiger charge is -2.19. The number of benzene rings is 1. The van der Waals surface area contributed by atoms with Gasteiger partial charge in [0.25, 0.3) is 5.56 Å². The fraction of sp³-hybridized carbons (Fsp3) is 0.318. The third kappa shape index (κ3) is 4.31. The van der Waals surface area contributed by atoms with E-state index in [9.17, 15) is 24.6 Å². The Labute approximate surface area is 177 Å². The normalized spacial score (nSPS) is 12.0. The molecule has 0 bridgehead atoms. The maximum Gasteiger partial charge on any atom is 0.306 e. The Bertz CT molecular complexity index is 1240. The molecular weight excluding hydrogens is 406 g/mol. The molecule has 0 aliphatic heterocycles. The van der Waals surface area contributed by atoms with Crippen LogP contribution in [0.4, 0.5) is 0 Å². The summed E-state index contributed by atoms with van der Waals surface area (Å²) in [4.78, 5) is 37.7. The number of aromatic hydroxyl groups is 1. The molecule has 0 aliphatic carbocycles. The summed E-state index contributed by atoms with van der Waals surface area (Å²) in [6, 6.07) is 7.70. The zero-order chi connectivity index (χ0) is 22.7. The number of aromatic nitrogens is 1. The monoisotopic (exact) mass is 429 g/mol. The Kier molecular flexibility index (Phi) is 6.45. The van der Waals surface area contributed by atoms with Crippen LogP contribution in [0, 0.1) is 0 Å². The van der Waals surface area contributed by atoms with Crippen molar-refractivity contribution in [3.05, 3.63) is 68.0 Å². The standard InChI is InChI=1S/C22H23NO8/c1-4-30-19(26)10-15(21-20(27)18(25)9-14(11-24)31-21)16-7-12-5-6-13(29-3)8-17(12)23(2)22(16)28/h5-9,15,24,27H,4,10-11H2,1-3H3. The molecule has 0 radical (unpaired) electrons. The molecule has 0 fully saturated rings. The van der Waals surface area contributed by atoms with E-state index in [1.54, 1.807) is 38.2 Å². The van der Waals surface area contributed by atoms with Crippen LogP contribution in [-0.4, -0.2) is 34.5 Å². The summed E-state index contributed by atoms with van der Waals surface area (Å²) in [7, 11) is 3.08. The van der Waals surface area contributed by atoms with Crippen molar-refractivity contribution < 1.29 is 28.9 Å². The highest BCUT2D eigenvalue weighted by molar-refractivity contribution is 5.82. The van der Waals surface area contributed by atoms with E-state index >= 15 is 0 Å². The van der Waals surface area contributed by atoms with Gasteiger partial charge in [0.15, 0.2) is 5.76 Å². The molecule has 0 spiro atoms. The summed E-state index contributed by atoms with van der Waals surface area (Å²) >= 11 is 0. The molecule has 2 aromatic heterocycles. The first kappa shape index (κ1) is 22.1. The minimum Gasteiger partial charge on any atom is -0.502 e. The number of rotatable bonds is 7. The van der Waals surface area contributed by atoms with E-state index in [1.807, 2.05) is 0 Å². The van der Waals surface area contributed by atoms with E-state index in [0.29, 0.717) is 16.7 Å². The molecule has 164 valence electrons. The predicted molar refractivity (Wildman–Crippen MR) is 111 cm³/mol. The van der Waals surface area contributed by atoms with Crippen LogP contribution in [0.2, 0.25) is 0 Å². The quantitative estimate of drug-likeness (QED) is 0.544. The van der Waals surface area contributed by atoms with Crippen LogP contribution in [0.25, 0.3) is 10.9 Å². The lowest BCUT2D eigenvalue weighted by atomic mass is 9.92. The Morgan fingerprint density at radius 3 is 2.61 bits per heavy atom. The molecule has 0 saturated heterocycles. The number of aliphatic hydroxyl groups is 1. The van der Waals surface area contributed by atoms with E-state index < -0.39 is 35.2 Å². The second kappa shape index (κ2) is 9.05. The maximum absolute atomic E-state index is 13.2. The number of esters is 1. The number of pyridine rings is 1. The minimum atomic E-state index is -1.11. The molecule has 0 amide bonds. The third-order valence-electron chi connectivity index (χ3n) is 4.99. The average molecular weight is 429 g/mol. The van der Waals surface area contributed by atoms with Crippen LogP contribution in [0.15, 0.2) is 44.3 Å². The van der Waals surface area contributed by atoms with Crippen LogP contribution in [0.3, 0.4) is 0 Å². The predicted octanol–water partition coefficient (Wildman–Crippen LogP) is 1.78. The number of hydrogen-bond acceptors (Lipinski definition) is 8. The maximum atomic E-state index is 13.2. The summed E-state index contributed by atoms with van der Waals surface area (Å²) in [6.07, 6.45) is -0.351. The zero-order valence-corrected chi connectivity index (χ0v) is 17.4. The molecular formula is C22H23NO8. The highest BCUT2D eigenvalue weighted by Crippen LogP contribution is 2.33. The first-order chi connectivity index (χ1) is 14.8. The van der Waals surface area contributed by atoms with Gasteiger partial charge in [-0.25, -0.2) is 0 Å². The van der Waals surface area contributed by atoms with Crippen molar-refractivity contribution in [3.8, 4) is 11.5 Å². The zero-order valence-electron chi connectivity index (χ0n) is 17.4. The molecule has 0 saturated carbocycles. The first-order valence-corrected chi connectivity index (χ1v) is 9.60. The Morgan fingerprint density at radius 2 is 1.97 bits per heavy atom. The number of nitrogens with zero attached hydrogens (tertiary/aromatic N) is 1. The smallest absolute Gasteiger partial charge is 0.306 e. The highest BCUT2D eigenvalue weighted by atomic mass is 16.5. The van der Waals surface area contributed by atoms with Gasteiger partial charge in [0, 0.05) is 24.7 Å². The number of ether oxygens (including phenoxy) is 2. The molecule has 2 heterocycles. The first-order valence-electron chi connectivity index (χ1n) is 9.60. The van der Waals surface area contributed by atoms with Gasteiger partial charge in [0.2, 0.25) is 11.2 Å². The van der Waals surface area contributed by atoms with Gasteiger partial charge in [0.05, 0.1) is 31.6 Å². The largest absolute Gasteiger partial charge is 0.502 e. The number of hydrogen-bond donors (Lipinski definition) is 2. The van der Waals surface area contributed by atoms with Gasteiger partial charge in [-0.05, 0) is 30.5 Å². The van der Waals surface area contributed by atoms with E-state index in [0.717, 1.165) is 6.07 Å². The van der Waals surface area contributed by atoms with Crippen LogP contribution in [-0.2, 0) is 23.2 Å².